The lowest BCUT2D eigenvalue weighted by atomic mass is 9.60. The van der Waals surface area contributed by atoms with Gasteiger partial charge in [-0.1, -0.05) is 44.2 Å². The molecule has 14 nitrogen and oxygen atoms in total. The van der Waals surface area contributed by atoms with Gasteiger partial charge in [0, 0.05) is 71.1 Å². The highest BCUT2D eigenvalue weighted by atomic mass is 16.6. The maximum Gasteiger partial charge on any atom is 0.331 e. The van der Waals surface area contributed by atoms with Crippen molar-refractivity contribution in [1.82, 2.24) is 0 Å². The van der Waals surface area contributed by atoms with Gasteiger partial charge in [0.05, 0.1) is 0 Å². The normalized spacial score (nSPS) is 23.9. The molecule has 6 atom stereocenters. The molecular formula is C41H50O14. The number of esters is 7. The average molecular weight is 767 g/mol. The third-order valence-corrected chi connectivity index (χ3v) is 9.35. The number of carbonyl (C=O) groups is 7. The highest BCUT2D eigenvalue weighted by molar-refractivity contribution is 5.87. The Morgan fingerprint density at radius 2 is 1.24 bits per heavy atom. The standard InChI is InChI=1S/C41H50O14/c1-22-33(50-25(4)43)19-32-36(52-27(6)45)18-31(21-49-24(3)42)35(55-37(48)17-16-30-14-12-11-13-15-30)20-34(51-26(5)44)23(2)39(53-28(7)46)40(54-29(8)47)38(22)41(32,9)10/h11-18,32-36,40H,19-21H2,1-10H3/t32-,33+,34-,35+,36+,40-/m0/s1. The molecule has 2 aliphatic carbocycles. The fraction of sp³-hybridized carbons (Fsp3) is 0.488. The van der Waals surface area contributed by atoms with E-state index in [4.69, 9.17) is 33.2 Å². The fourth-order valence-electron chi connectivity index (χ4n) is 7.03. The van der Waals surface area contributed by atoms with E-state index in [0.717, 1.165) is 20.8 Å². The maximum absolute atomic E-state index is 13.5. The van der Waals surface area contributed by atoms with Crippen LogP contribution in [0.25, 0.3) is 6.08 Å². The molecule has 1 aromatic rings. The third kappa shape index (κ3) is 12.2. The van der Waals surface area contributed by atoms with Gasteiger partial charge < -0.3 is 33.2 Å². The molecule has 1 aromatic carbocycles. The van der Waals surface area contributed by atoms with Crippen LogP contribution in [0, 0.1) is 11.3 Å². The number of hydrogen-bond acceptors (Lipinski definition) is 14. The van der Waals surface area contributed by atoms with Crippen LogP contribution in [-0.4, -0.2) is 78.9 Å². The molecule has 0 saturated heterocycles. The molecule has 3 rings (SSSR count). The summed E-state index contributed by atoms with van der Waals surface area (Å²) in [5, 5.41) is 0. The van der Waals surface area contributed by atoms with Crippen LogP contribution < -0.4 is 0 Å². The molecule has 0 unspecified atom stereocenters. The smallest absolute Gasteiger partial charge is 0.331 e. The van der Waals surface area contributed by atoms with Crippen molar-refractivity contribution in [1.29, 1.82) is 0 Å². The first-order chi connectivity index (χ1) is 25.7. The van der Waals surface area contributed by atoms with Gasteiger partial charge in [-0.25, -0.2) is 4.79 Å². The average Bonchev–Trinajstić information content (AvgIpc) is 3.06. The van der Waals surface area contributed by atoms with E-state index in [9.17, 15) is 33.6 Å². The lowest BCUT2D eigenvalue weighted by Gasteiger charge is -2.48. The van der Waals surface area contributed by atoms with Gasteiger partial charge >= 0.3 is 41.8 Å². The molecule has 0 saturated carbocycles. The van der Waals surface area contributed by atoms with Gasteiger partial charge in [0.2, 0.25) is 0 Å². The molecule has 0 radical (unpaired) electrons. The number of fused-ring (bicyclic) bond motifs is 2. The van der Waals surface area contributed by atoms with Gasteiger partial charge in [-0.15, -0.1) is 0 Å². The van der Waals surface area contributed by atoms with Crippen molar-refractivity contribution in [3.8, 4) is 0 Å². The Kier molecular flexibility index (Phi) is 15.3. The molecule has 2 bridgehead atoms. The quantitative estimate of drug-likeness (QED) is 0.127. The minimum atomic E-state index is -1.45. The van der Waals surface area contributed by atoms with Gasteiger partial charge in [-0.05, 0) is 54.5 Å². The predicted molar refractivity (Wildman–Crippen MR) is 196 cm³/mol. The van der Waals surface area contributed by atoms with E-state index in [1.807, 2.05) is 6.07 Å². The van der Waals surface area contributed by atoms with Gasteiger partial charge in [0.1, 0.15) is 31.0 Å². The van der Waals surface area contributed by atoms with E-state index < -0.39 is 90.2 Å². The zero-order chi connectivity index (χ0) is 41.2. The summed E-state index contributed by atoms with van der Waals surface area (Å²) in [7, 11) is 0. The molecule has 55 heavy (non-hydrogen) atoms. The SMILES string of the molecule is CC(=O)OCC1=C[C@@H](OC(C)=O)[C@@H]2C[C@@H](OC(C)=O)C(C)=C([C@H](OC(C)=O)C(OC(C)=O)=C(C)[C@@H](OC(C)=O)C[C@H]1OC(=O)C=Cc1ccccc1)C2(C)C. The Bertz CT molecular complexity index is 1780. The van der Waals surface area contributed by atoms with Crippen LogP contribution in [0.15, 0.2) is 70.5 Å². The van der Waals surface area contributed by atoms with E-state index in [1.54, 1.807) is 45.0 Å². The van der Waals surface area contributed by atoms with Crippen LogP contribution in [0.2, 0.25) is 0 Å². The van der Waals surface area contributed by atoms with Gasteiger partial charge in [0.15, 0.2) is 11.9 Å². The molecule has 0 aromatic heterocycles. The number of rotatable bonds is 10. The second-order valence-electron chi connectivity index (χ2n) is 14.0. The van der Waals surface area contributed by atoms with E-state index in [0.29, 0.717) is 16.7 Å². The summed E-state index contributed by atoms with van der Waals surface area (Å²) in [4.78, 5) is 89.4. The summed E-state index contributed by atoms with van der Waals surface area (Å²) >= 11 is 0. The highest BCUT2D eigenvalue weighted by Gasteiger charge is 2.51. The summed E-state index contributed by atoms with van der Waals surface area (Å²) in [6.45, 7) is 13.4. The molecule has 0 spiro atoms. The van der Waals surface area contributed by atoms with Crippen molar-refractivity contribution in [2.24, 2.45) is 11.3 Å². The lowest BCUT2D eigenvalue weighted by Crippen LogP contribution is -2.49. The number of carbonyl (C=O) groups excluding carboxylic acids is 7. The second kappa shape index (κ2) is 19.2. The first kappa shape index (κ1) is 43.9. The molecule has 298 valence electrons. The first-order valence-corrected chi connectivity index (χ1v) is 17.8. The zero-order valence-electron chi connectivity index (χ0n) is 32.9. The second-order valence-corrected chi connectivity index (χ2v) is 14.0. The topological polar surface area (TPSA) is 184 Å². The summed E-state index contributed by atoms with van der Waals surface area (Å²) in [5.74, 6) is -6.12. The van der Waals surface area contributed by atoms with Crippen molar-refractivity contribution in [2.75, 3.05) is 6.61 Å². The molecule has 0 fully saturated rings. The molecule has 14 heteroatoms. The first-order valence-electron chi connectivity index (χ1n) is 17.8. The Hall–Kier alpha value is -5.53. The largest absolute Gasteiger partial charge is 0.461 e. The van der Waals surface area contributed by atoms with E-state index in [2.05, 4.69) is 0 Å². The Labute approximate surface area is 320 Å². The van der Waals surface area contributed by atoms with E-state index in [1.165, 1.54) is 45.9 Å². The highest BCUT2D eigenvalue weighted by Crippen LogP contribution is 2.52. The van der Waals surface area contributed by atoms with Crippen LogP contribution in [0.4, 0.5) is 0 Å². The van der Waals surface area contributed by atoms with Crippen LogP contribution >= 0.6 is 0 Å². The zero-order valence-corrected chi connectivity index (χ0v) is 32.9. The molecule has 0 heterocycles. The summed E-state index contributed by atoms with van der Waals surface area (Å²) < 4.78 is 40.8. The van der Waals surface area contributed by atoms with E-state index >= 15 is 0 Å². The van der Waals surface area contributed by atoms with E-state index in [-0.39, 0.29) is 29.7 Å². The monoisotopic (exact) mass is 766 g/mol. The minimum absolute atomic E-state index is 0.0932. The molecule has 0 amide bonds. The number of ether oxygens (including phenoxy) is 7. The van der Waals surface area contributed by atoms with Crippen molar-refractivity contribution in [3.05, 3.63) is 76.1 Å². The summed E-state index contributed by atoms with van der Waals surface area (Å²) in [6.07, 6.45) is -2.22. The summed E-state index contributed by atoms with van der Waals surface area (Å²) in [6, 6.07) is 8.94. The Morgan fingerprint density at radius 3 is 1.76 bits per heavy atom. The van der Waals surface area contributed by atoms with Crippen molar-refractivity contribution in [2.45, 2.75) is 113 Å². The van der Waals surface area contributed by atoms with Crippen molar-refractivity contribution in [3.63, 3.8) is 0 Å². The summed E-state index contributed by atoms with van der Waals surface area (Å²) in [5.41, 5.74) is 0.698. The van der Waals surface area contributed by atoms with Crippen LogP contribution in [0.1, 0.15) is 87.6 Å². The maximum atomic E-state index is 13.5. The van der Waals surface area contributed by atoms with Crippen molar-refractivity contribution >= 4 is 47.9 Å². The molecule has 0 N–H and O–H groups in total. The van der Waals surface area contributed by atoms with Gasteiger partial charge in [-0.3, -0.25) is 28.8 Å². The molecular weight excluding hydrogens is 716 g/mol. The minimum Gasteiger partial charge on any atom is -0.461 e. The Morgan fingerprint density at radius 1 is 0.673 bits per heavy atom. The lowest BCUT2D eigenvalue weighted by molar-refractivity contribution is -0.156. The number of hydrogen-bond donors (Lipinski definition) is 0. The van der Waals surface area contributed by atoms with Crippen LogP contribution in [0.3, 0.4) is 0 Å². The van der Waals surface area contributed by atoms with Crippen LogP contribution in [0.5, 0.6) is 0 Å². The Balaban J connectivity index is 2.51. The molecule has 2 aliphatic rings. The fourth-order valence-corrected chi connectivity index (χ4v) is 7.03. The predicted octanol–water partition coefficient (Wildman–Crippen LogP) is 5.43. The van der Waals surface area contributed by atoms with Gasteiger partial charge in [0.25, 0.3) is 0 Å². The third-order valence-electron chi connectivity index (χ3n) is 9.35. The number of benzene rings is 1. The van der Waals surface area contributed by atoms with Gasteiger partial charge in [-0.2, -0.15) is 0 Å². The van der Waals surface area contributed by atoms with Crippen LogP contribution in [-0.2, 0) is 66.7 Å². The molecule has 0 aliphatic heterocycles. The van der Waals surface area contributed by atoms with Crippen molar-refractivity contribution < 1.29 is 66.7 Å².